The average Bonchev–Trinajstić information content (AvgIpc) is 3.48. The minimum Gasteiger partial charge on any atom is -0.462 e. The number of benzene rings is 1. The van der Waals surface area contributed by atoms with Crippen LogP contribution in [0.25, 0.3) is 0 Å². The van der Waals surface area contributed by atoms with Crippen LogP contribution in [0.3, 0.4) is 0 Å². The van der Waals surface area contributed by atoms with Gasteiger partial charge in [-0.25, -0.2) is 4.79 Å². The van der Waals surface area contributed by atoms with Crippen molar-refractivity contribution in [2.75, 3.05) is 0 Å². The molecule has 7 nitrogen and oxygen atoms in total. The molecule has 1 amide bonds. The van der Waals surface area contributed by atoms with Crippen LogP contribution in [-0.4, -0.2) is 35.3 Å². The highest BCUT2D eigenvalue weighted by Gasteiger charge is 2.67. The second-order valence-electron chi connectivity index (χ2n) is 20.9. The Hall–Kier alpha value is -2.57. The molecular formula is C45H67NO6. The van der Waals surface area contributed by atoms with Crippen LogP contribution >= 0.6 is 0 Å². The summed E-state index contributed by atoms with van der Waals surface area (Å²) in [6, 6.07) is 9.75. The van der Waals surface area contributed by atoms with Crippen LogP contribution in [0.2, 0.25) is 0 Å². The van der Waals surface area contributed by atoms with Crippen molar-refractivity contribution in [1.29, 1.82) is 0 Å². The summed E-state index contributed by atoms with van der Waals surface area (Å²) in [7, 11) is 0. The van der Waals surface area contributed by atoms with Gasteiger partial charge in [-0.15, -0.1) is 0 Å². The molecule has 7 rings (SSSR count). The quantitative estimate of drug-likeness (QED) is 0.233. The van der Waals surface area contributed by atoms with Gasteiger partial charge in [-0.2, -0.15) is 0 Å². The molecule has 0 aliphatic heterocycles. The number of nitrogens with one attached hydrogen (secondary N) is 1. The number of alkyl carbamates (subject to hydrolysis) is 1. The van der Waals surface area contributed by atoms with Gasteiger partial charge < -0.3 is 19.5 Å². The fourth-order valence-electron chi connectivity index (χ4n) is 13.9. The highest BCUT2D eigenvalue weighted by Crippen LogP contribution is 2.72. The van der Waals surface area contributed by atoms with E-state index >= 15 is 0 Å². The topological polar surface area (TPSA) is 90.9 Å². The molecule has 0 spiro atoms. The van der Waals surface area contributed by atoms with E-state index in [0.717, 1.165) is 31.2 Å². The summed E-state index contributed by atoms with van der Waals surface area (Å²) < 4.78 is 18.0. The van der Waals surface area contributed by atoms with Crippen LogP contribution in [0.4, 0.5) is 4.79 Å². The zero-order chi connectivity index (χ0) is 37.5. The molecule has 288 valence electrons. The van der Waals surface area contributed by atoms with E-state index in [0.29, 0.717) is 36.0 Å². The number of carbonyl (C=O) groups excluding carboxylic acids is 3. The predicted molar refractivity (Wildman–Crippen MR) is 202 cm³/mol. The van der Waals surface area contributed by atoms with E-state index in [-0.39, 0.29) is 64.4 Å². The molecule has 0 heterocycles. The normalized spacial score (nSPS) is 41.5. The number of hydrogen-bond donors (Lipinski definition) is 1. The molecule has 6 saturated carbocycles. The molecule has 6 fully saturated rings. The van der Waals surface area contributed by atoms with Crippen LogP contribution in [-0.2, 0) is 30.4 Å². The molecule has 0 aromatic heterocycles. The van der Waals surface area contributed by atoms with E-state index < -0.39 is 11.0 Å². The molecular weight excluding hydrogens is 650 g/mol. The van der Waals surface area contributed by atoms with Crippen LogP contribution in [0.15, 0.2) is 30.3 Å². The van der Waals surface area contributed by atoms with Crippen LogP contribution < -0.4 is 5.32 Å². The second-order valence-corrected chi connectivity index (χ2v) is 20.9. The van der Waals surface area contributed by atoms with Gasteiger partial charge in [0.25, 0.3) is 0 Å². The lowest BCUT2D eigenvalue weighted by Gasteiger charge is -2.69. The van der Waals surface area contributed by atoms with Crippen molar-refractivity contribution in [3.05, 3.63) is 35.9 Å². The van der Waals surface area contributed by atoms with Gasteiger partial charge in [-0.3, -0.25) is 9.59 Å². The average molecular weight is 718 g/mol. The van der Waals surface area contributed by atoms with Crippen molar-refractivity contribution < 1.29 is 28.6 Å². The van der Waals surface area contributed by atoms with E-state index in [2.05, 4.69) is 33.0 Å². The number of amides is 1. The van der Waals surface area contributed by atoms with Crippen molar-refractivity contribution in [1.82, 2.24) is 5.32 Å². The maximum absolute atomic E-state index is 13.9. The summed E-state index contributed by atoms with van der Waals surface area (Å²) in [6.07, 6.45) is 12.7. The van der Waals surface area contributed by atoms with Gasteiger partial charge in [0, 0.05) is 11.0 Å². The van der Waals surface area contributed by atoms with Gasteiger partial charge in [-0.1, -0.05) is 78.3 Å². The first-order valence-corrected chi connectivity index (χ1v) is 20.7. The Morgan fingerprint density at radius 2 is 1.42 bits per heavy atom. The molecule has 1 aromatic rings. The number of esters is 2. The van der Waals surface area contributed by atoms with Gasteiger partial charge >= 0.3 is 18.0 Å². The SMILES string of the molecule is CC(C)(C)OC(=O)NC12CCCC1C1CCC3C(C)(CCC4C(C)(C)C(OC(=O)C5CC(C(=O)OCc6ccccc6)C5(C)C)CCC43C)C1CC2. The van der Waals surface area contributed by atoms with E-state index in [1.807, 2.05) is 65.0 Å². The standard InChI is InChI=1S/C45H67NO6/c1-40(2,3)52-39(49)46-45-22-13-16-31(45)29-17-18-35-43(8,30(29)19-25-45)23-20-34-42(6,7)36(21-24-44(34,35)9)51-38(48)33-26-32(41(33,4)5)37(47)50-27-28-14-11-10-12-15-28/h10-12,14-15,29-36H,13,16-27H2,1-9H3,(H,46,49). The third-order valence-electron chi connectivity index (χ3n) is 16.5. The van der Waals surface area contributed by atoms with Gasteiger partial charge in [0.2, 0.25) is 0 Å². The maximum Gasteiger partial charge on any atom is 0.408 e. The smallest absolute Gasteiger partial charge is 0.408 e. The summed E-state index contributed by atoms with van der Waals surface area (Å²) in [6.45, 7) is 20.1. The van der Waals surface area contributed by atoms with Crippen molar-refractivity contribution in [3.8, 4) is 0 Å². The van der Waals surface area contributed by atoms with E-state index in [9.17, 15) is 14.4 Å². The Morgan fingerprint density at radius 3 is 2.12 bits per heavy atom. The zero-order valence-electron chi connectivity index (χ0n) is 33.6. The summed E-state index contributed by atoms with van der Waals surface area (Å²) in [5.41, 5.74) is 0.215. The minimum atomic E-state index is -0.497. The Labute approximate surface area is 313 Å². The van der Waals surface area contributed by atoms with Crippen LogP contribution in [0.1, 0.15) is 145 Å². The van der Waals surface area contributed by atoms with Gasteiger partial charge in [-0.05, 0) is 143 Å². The molecule has 6 aliphatic carbocycles. The summed E-state index contributed by atoms with van der Waals surface area (Å²) in [5.74, 6) is 2.06. The number of fused-ring (bicyclic) bond motifs is 7. The molecule has 6 aliphatic rings. The van der Waals surface area contributed by atoms with Gasteiger partial charge in [0.15, 0.2) is 0 Å². The molecule has 1 aromatic carbocycles. The third-order valence-corrected chi connectivity index (χ3v) is 16.5. The summed E-state index contributed by atoms with van der Waals surface area (Å²) >= 11 is 0. The Balaban J connectivity index is 0.997. The molecule has 0 bridgehead atoms. The Bertz CT molecular complexity index is 1530. The molecule has 0 radical (unpaired) electrons. The molecule has 11 atom stereocenters. The van der Waals surface area contributed by atoms with E-state index in [1.165, 1.54) is 44.9 Å². The van der Waals surface area contributed by atoms with Crippen molar-refractivity contribution in [2.45, 2.75) is 163 Å². The lowest BCUT2D eigenvalue weighted by Crippen LogP contribution is -2.65. The number of carbonyl (C=O) groups is 3. The van der Waals surface area contributed by atoms with Gasteiger partial charge in [0.05, 0.1) is 11.8 Å². The second kappa shape index (κ2) is 13.0. The number of rotatable bonds is 6. The monoisotopic (exact) mass is 717 g/mol. The van der Waals surface area contributed by atoms with E-state index in [4.69, 9.17) is 14.2 Å². The van der Waals surface area contributed by atoms with Crippen molar-refractivity contribution in [2.24, 2.45) is 63.1 Å². The van der Waals surface area contributed by atoms with E-state index in [1.54, 1.807) is 0 Å². The molecule has 7 heteroatoms. The molecule has 11 unspecified atom stereocenters. The first-order valence-electron chi connectivity index (χ1n) is 20.7. The Morgan fingerprint density at radius 1 is 0.731 bits per heavy atom. The highest BCUT2D eigenvalue weighted by molar-refractivity contribution is 5.82. The van der Waals surface area contributed by atoms with Crippen LogP contribution in [0.5, 0.6) is 0 Å². The summed E-state index contributed by atoms with van der Waals surface area (Å²) in [5, 5.41) is 3.47. The van der Waals surface area contributed by atoms with Crippen LogP contribution in [0, 0.1) is 63.1 Å². The third kappa shape index (κ3) is 6.20. The fourth-order valence-corrected chi connectivity index (χ4v) is 13.9. The summed E-state index contributed by atoms with van der Waals surface area (Å²) in [4.78, 5) is 40.0. The van der Waals surface area contributed by atoms with Gasteiger partial charge in [0.1, 0.15) is 18.3 Å². The molecule has 0 saturated heterocycles. The molecule has 1 N–H and O–H groups in total. The maximum atomic E-state index is 13.9. The number of ether oxygens (including phenoxy) is 3. The predicted octanol–water partition coefficient (Wildman–Crippen LogP) is 10.0. The number of hydrogen-bond acceptors (Lipinski definition) is 6. The van der Waals surface area contributed by atoms with Crippen molar-refractivity contribution in [3.63, 3.8) is 0 Å². The first kappa shape index (κ1) is 37.7. The fraction of sp³-hybridized carbons (Fsp3) is 0.800. The molecule has 52 heavy (non-hydrogen) atoms. The lowest BCUT2D eigenvalue weighted by molar-refractivity contribution is -0.225. The lowest BCUT2D eigenvalue weighted by atomic mass is 9.36. The largest absolute Gasteiger partial charge is 0.462 e. The zero-order valence-corrected chi connectivity index (χ0v) is 33.6. The van der Waals surface area contributed by atoms with Crippen molar-refractivity contribution >= 4 is 18.0 Å². The highest BCUT2D eigenvalue weighted by atomic mass is 16.6. The minimum absolute atomic E-state index is 0.116. The first-order chi connectivity index (χ1) is 24.3. The Kier molecular flexibility index (Phi) is 9.46.